The third kappa shape index (κ3) is 5.88. The highest BCUT2D eigenvalue weighted by Gasteiger charge is 2.21. The summed E-state index contributed by atoms with van der Waals surface area (Å²) in [5.41, 5.74) is 5.90. The molecule has 0 aliphatic carbocycles. The number of rotatable bonds is 5. The largest absolute Gasteiger partial charge is 0.297 e. The first kappa shape index (κ1) is 28.3. The Kier molecular flexibility index (Phi) is 8.47. The van der Waals surface area contributed by atoms with Crippen LogP contribution < -0.4 is 5.56 Å². The number of aromatic nitrogens is 3. The lowest BCUT2D eigenvalue weighted by atomic mass is 9.89. The zero-order valence-corrected chi connectivity index (χ0v) is 25.4. The van der Waals surface area contributed by atoms with Gasteiger partial charge in [0, 0.05) is 21.8 Å². The van der Waals surface area contributed by atoms with Gasteiger partial charge in [0.15, 0.2) is 0 Å². The maximum Gasteiger partial charge on any atom is 0.275 e. The van der Waals surface area contributed by atoms with E-state index in [-0.39, 0.29) is 5.56 Å². The van der Waals surface area contributed by atoms with Crippen LogP contribution in [0.15, 0.2) is 102 Å². The van der Waals surface area contributed by atoms with Gasteiger partial charge in [-0.15, -0.1) is 11.3 Å². The van der Waals surface area contributed by atoms with Crippen LogP contribution in [0.4, 0.5) is 0 Å². The van der Waals surface area contributed by atoms with Gasteiger partial charge in [0.1, 0.15) is 11.0 Å². The highest BCUT2D eigenvalue weighted by molar-refractivity contribution is 7.22. The number of likely N-dealkylation sites (tertiary alicyclic amines) is 1. The van der Waals surface area contributed by atoms with Gasteiger partial charge in [-0.1, -0.05) is 74.0 Å². The van der Waals surface area contributed by atoms with E-state index in [9.17, 15) is 4.79 Å². The summed E-state index contributed by atoms with van der Waals surface area (Å²) in [5.74, 6) is 0.649. The molecule has 3 aromatic heterocycles. The van der Waals surface area contributed by atoms with Gasteiger partial charge >= 0.3 is 0 Å². The molecule has 1 fully saturated rings. The van der Waals surface area contributed by atoms with Crippen LogP contribution in [0.5, 0.6) is 0 Å². The quantitative estimate of drug-likeness (QED) is 0.201. The highest BCUT2D eigenvalue weighted by Crippen LogP contribution is 2.32. The van der Waals surface area contributed by atoms with E-state index in [0.29, 0.717) is 21.2 Å². The topological polar surface area (TPSA) is 51.0 Å². The van der Waals surface area contributed by atoms with Crippen molar-refractivity contribution in [3.05, 3.63) is 124 Å². The number of hydrogen-bond acceptors (Lipinski definition) is 5. The van der Waals surface area contributed by atoms with Crippen LogP contribution >= 0.6 is 22.9 Å². The van der Waals surface area contributed by atoms with Crippen molar-refractivity contribution in [2.45, 2.75) is 39.2 Å². The first-order chi connectivity index (χ1) is 20.6. The second-order valence-electron chi connectivity index (χ2n) is 10.4. The number of thiophene rings is 1. The van der Waals surface area contributed by atoms with Crippen molar-refractivity contribution < 1.29 is 0 Å². The lowest BCUT2D eigenvalue weighted by molar-refractivity contribution is 0.203. The summed E-state index contributed by atoms with van der Waals surface area (Å²) in [4.78, 5) is 26.5. The summed E-state index contributed by atoms with van der Waals surface area (Å²) in [5, 5.41) is 1.69. The fraction of sp³-hybridized carbons (Fsp3) is 0.229. The van der Waals surface area contributed by atoms with E-state index in [4.69, 9.17) is 16.6 Å². The molecule has 42 heavy (non-hydrogen) atoms. The molecule has 0 unspecified atom stereocenters. The molecule has 1 saturated heterocycles. The zero-order chi connectivity index (χ0) is 29.1. The van der Waals surface area contributed by atoms with Crippen molar-refractivity contribution in [2.24, 2.45) is 0 Å². The number of fused-ring (bicyclic) bond motifs is 2. The van der Waals surface area contributed by atoms with Gasteiger partial charge in [-0.05, 0) is 85.4 Å². The van der Waals surface area contributed by atoms with Crippen LogP contribution in [-0.4, -0.2) is 32.5 Å². The van der Waals surface area contributed by atoms with Crippen LogP contribution in [-0.2, 0) is 6.54 Å². The van der Waals surface area contributed by atoms with Gasteiger partial charge in [-0.2, -0.15) is 0 Å². The summed E-state index contributed by atoms with van der Waals surface area (Å²) >= 11 is 7.50. The van der Waals surface area contributed by atoms with E-state index in [2.05, 4.69) is 52.3 Å². The molecule has 1 aliphatic rings. The molecular formula is C35H33ClN4OS. The van der Waals surface area contributed by atoms with Crippen molar-refractivity contribution in [2.75, 3.05) is 13.1 Å². The van der Waals surface area contributed by atoms with Gasteiger partial charge in [0.25, 0.3) is 5.56 Å². The fourth-order valence-electron chi connectivity index (χ4n) is 5.62. The van der Waals surface area contributed by atoms with E-state index < -0.39 is 0 Å². The van der Waals surface area contributed by atoms with Crippen molar-refractivity contribution in [3.63, 3.8) is 0 Å². The summed E-state index contributed by atoms with van der Waals surface area (Å²) < 4.78 is 2.26. The standard InChI is InChI=1S/C33H27ClN4OS.C2H6/c34-26-9-6-24(7-10-26)31-19-30-32(40-31)33(39)38(21-35-30)28-12-13-29-25(18-28)8-11-27(36-29)20-37-16-14-23(15-17-37)22-4-2-1-3-5-22;1-2/h1-13,18-19,21,23H,14-17,20H2;1-2H3. The molecule has 0 bridgehead atoms. The molecule has 5 nitrogen and oxygen atoms in total. The maximum absolute atomic E-state index is 13.4. The Labute approximate surface area is 255 Å². The van der Waals surface area contributed by atoms with E-state index in [1.165, 1.54) is 29.7 Å². The summed E-state index contributed by atoms with van der Waals surface area (Å²) in [6.07, 6.45) is 3.98. The number of benzene rings is 3. The lowest BCUT2D eigenvalue weighted by Crippen LogP contribution is -2.32. The van der Waals surface area contributed by atoms with E-state index in [1.807, 2.05) is 62.4 Å². The molecule has 7 heteroatoms. The lowest BCUT2D eigenvalue weighted by Gasteiger charge is -2.32. The molecule has 0 saturated carbocycles. The predicted octanol–water partition coefficient (Wildman–Crippen LogP) is 8.72. The van der Waals surface area contributed by atoms with Crippen molar-refractivity contribution in [1.82, 2.24) is 19.4 Å². The minimum atomic E-state index is -0.0713. The first-order valence-corrected chi connectivity index (χ1v) is 15.7. The van der Waals surface area contributed by atoms with Crippen LogP contribution in [0, 0.1) is 0 Å². The molecule has 7 rings (SSSR count). The Hall–Kier alpha value is -3.84. The van der Waals surface area contributed by atoms with E-state index in [0.717, 1.165) is 52.4 Å². The van der Waals surface area contributed by atoms with E-state index in [1.54, 1.807) is 10.9 Å². The Bertz CT molecular complexity index is 1870. The Morgan fingerprint density at radius 1 is 0.881 bits per heavy atom. The molecule has 212 valence electrons. The average Bonchev–Trinajstić information content (AvgIpc) is 3.49. The maximum atomic E-state index is 13.4. The van der Waals surface area contributed by atoms with Gasteiger partial charge in [-0.3, -0.25) is 19.2 Å². The first-order valence-electron chi connectivity index (χ1n) is 14.6. The minimum Gasteiger partial charge on any atom is -0.297 e. The molecule has 0 amide bonds. The van der Waals surface area contributed by atoms with E-state index >= 15 is 0 Å². The molecule has 4 heterocycles. The number of halogens is 1. The van der Waals surface area contributed by atoms with Crippen molar-refractivity contribution in [1.29, 1.82) is 0 Å². The smallest absolute Gasteiger partial charge is 0.275 e. The SMILES string of the molecule is CC.O=c1c2sc(-c3ccc(Cl)cc3)cc2ncn1-c1ccc2nc(CN3CCC(c4ccccc4)CC3)ccc2c1. The van der Waals surface area contributed by atoms with Crippen molar-refractivity contribution in [3.8, 4) is 16.1 Å². The zero-order valence-electron chi connectivity index (χ0n) is 23.8. The monoisotopic (exact) mass is 592 g/mol. The fourth-order valence-corrected chi connectivity index (χ4v) is 6.80. The highest BCUT2D eigenvalue weighted by atomic mass is 35.5. The summed E-state index contributed by atoms with van der Waals surface area (Å²) in [7, 11) is 0. The molecule has 0 N–H and O–H groups in total. The van der Waals surface area contributed by atoms with Crippen LogP contribution in [0.1, 0.15) is 43.9 Å². The summed E-state index contributed by atoms with van der Waals surface area (Å²) in [6, 6.07) is 30.6. The average molecular weight is 593 g/mol. The predicted molar refractivity (Wildman–Crippen MR) is 176 cm³/mol. The Morgan fingerprint density at radius 3 is 2.40 bits per heavy atom. The molecule has 3 aromatic carbocycles. The number of hydrogen-bond donors (Lipinski definition) is 0. The second-order valence-corrected chi connectivity index (χ2v) is 11.9. The Balaban J connectivity index is 0.00000155. The molecule has 0 atom stereocenters. The van der Waals surface area contributed by atoms with Gasteiger partial charge < -0.3 is 0 Å². The van der Waals surface area contributed by atoms with Gasteiger partial charge in [-0.25, -0.2) is 4.98 Å². The molecule has 1 aliphatic heterocycles. The third-order valence-corrected chi connectivity index (χ3v) is 9.23. The summed E-state index contributed by atoms with van der Waals surface area (Å²) in [6.45, 7) is 7.02. The van der Waals surface area contributed by atoms with Gasteiger partial charge in [0.2, 0.25) is 0 Å². The number of nitrogens with zero attached hydrogens (tertiary/aromatic N) is 4. The van der Waals surface area contributed by atoms with Crippen LogP contribution in [0.25, 0.3) is 37.2 Å². The van der Waals surface area contributed by atoms with Crippen LogP contribution in [0.2, 0.25) is 5.02 Å². The molecule has 0 spiro atoms. The van der Waals surface area contributed by atoms with Crippen LogP contribution in [0.3, 0.4) is 0 Å². The van der Waals surface area contributed by atoms with Gasteiger partial charge in [0.05, 0.1) is 22.4 Å². The number of pyridine rings is 1. The Morgan fingerprint density at radius 2 is 1.64 bits per heavy atom. The molecular weight excluding hydrogens is 560 g/mol. The minimum absolute atomic E-state index is 0.0713. The third-order valence-electron chi connectivity index (χ3n) is 7.82. The second kappa shape index (κ2) is 12.6. The normalized spacial score (nSPS) is 14.2. The number of piperidine rings is 1. The molecule has 0 radical (unpaired) electrons. The van der Waals surface area contributed by atoms with Crippen molar-refractivity contribution >= 4 is 44.1 Å². The molecule has 6 aromatic rings.